The molecule has 16 heavy (non-hydrogen) atoms. The molecule has 0 radical (unpaired) electrons. The summed E-state index contributed by atoms with van der Waals surface area (Å²) in [5, 5.41) is 0. The van der Waals surface area contributed by atoms with Crippen molar-refractivity contribution in [1.82, 2.24) is 4.90 Å². The smallest absolute Gasteiger partial charge is 0.381 e. The van der Waals surface area contributed by atoms with Gasteiger partial charge in [0.15, 0.2) is 0 Å². The van der Waals surface area contributed by atoms with E-state index in [1.54, 1.807) is 7.11 Å². The van der Waals surface area contributed by atoms with E-state index >= 15 is 0 Å². The second kappa shape index (κ2) is 4.92. The normalized spacial score (nSPS) is 21.4. The molecule has 0 atom stereocenters. The summed E-state index contributed by atoms with van der Waals surface area (Å²) in [5.74, 6) is 0. The highest BCUT2D eigenvalue weighted by Gasteiger charge is 2.48. The third-order valence-electron chi connectivity index (χ3n) is 3.25. The van der Waals surface area contributed by atoms with Crippen molar-refractivity contribution in [3.05, 3.63) is 0 Å². The van der Waals surface area contributed by atoms with Gasteiger partial charge in [-0.25, -0.2) is 0 Å². The minimum atomic E-state index is -4.13. The van der Waals surface area contributed by atoms with Crippen LogP contribution in [0.5, 0.6) is 0 Å². The fourth-order valence-corrected chi connectivity index (χ4v) is 1.95. The molecule has 1 saturated heterocycles. The van der Waals surface area contributed by atoms with Crippen LogP contribution >= 0.6 is 0 Å². The van der Waals surface area contributed by atoms with Gasteiger partial charge in [0.2, 0.25) is 0 Å². The first-order chi connectivity index (χ1) is 7.26. The van der Waals surface area contributed by atoms with Crippen LogP contribution in [0.4, 0.5) is 13.2 Å². The average Bonchev–Trinajstić information content (AvgIpc) is 2.16. The number of rotatable bonds is 3. The van der Waals surface area contributed by atoms with Crippen LogP contribution in [-0.2, 0) is 4.74 Å². The lowest BCUT2D eigenvalue weighted by atomic mass is 9.91. The standard InChI is InChI=1S/C11H20F3NO/c1-10(2,11(12,13)14)8-15-6-4-9(16-3)5-7-15/h9H,4-8H2,1-3H3. The Kier molecular flexibility index (Phi) is 4.23. The molecule has 0 aliphatic carbocycles. The van der Waals surface area contributed by atoms with Gasteiger partial charge >= 0.3 is 6.18 Å². The van der Waals surface area contributed by atoms with Crippen molar-refractivity contribution in [3.63, 3.8) is 0 Å². The van der Waals surface area contributed by atoms with Crippen molar-refractivity contribution in [2.45, 2.75) is 39.0 Å². The molecule has 0 aromatic carbocycles. The predicted octanol–water partition coefficient (Wildman–Crippen LogP) is 2.69. The molecule has 5 heteroatoms. The number of ether oxygens (including phenoxy) is 1. The Morgan fingerprint density at radius 3 is 2.06 bits per heavy atom. The highest BCUT2D eigenvalue weighted by Crippen LogP contribution is 2.38. The van der Waals surface area contributed by atoms with Crippen LogP contribution in [0.3, 0.4) is 0 Å². The minimum Gasteiger partial charge on any atom is -0.381 e. The quantitative estimate of drug-likeness (QED) is 0.750. The van der Waals surface area contributed by atoms with Crippen LogP contribution in [0.1, 0.15) is 26.7 Å². The van der Waals surface area contributed by atoms with Crippen LogP contribution in [0.25, 0.3) is 0 Å². The van der Waals surface area contributed by atoms with Gasteiger partial charge in [-0.3, -0.25) is 0 Å². The average molecular weight is 239 g/mol. The fourth-order valence-electron chi connectivity index (χ4n) is 1.95. The van der Waals surface area contributed by atoms with E-state index in [0.717, 1.165) is 12.8 Å². The highest BCUT2D eigenvalue weighted by atomic mass is 19.4. The van der Waals surface area contributed by atoms with Crippen LogP contribution < -0.4 is 0 Å². The van der Waals surface area contributed by atoms with Gasteiger partial charge < -0.3 is 9.64 Å². The lowest BCUT2D eigenvalue weighted by molar-refractivity contribution is -0.217. The molecule has 0 unspecified atom stereocenters. The Morgan fingerprint density at radius 2 is 1.69 bits per heavy atom. The van der Waals surface area contributed by atoms with Gasteiger partial charge in [0.25, 0.3) is 0 Å². The molecule has 0 aromatic heterocycles. The number of methoxy groups -OCH3 is 1. The zero-order chi connectivity index (χ0) is 12.4. The summed E-state index contributed by atoms with van der Waals surface area (Å²) >= 11 is 0. The molecule has 1 heterocycles. The first kappa shape index (κ1) is 13.8. The molecule has 1 aliphatic heterocycles. The van der Waals surface area contributed by atoms with Gasteiger partial charge in [0.1, 0.15) is 0 Å². The Balaban J connectivity index is 2.45. The zero-order valence-corrected chi connectivity index (χ0v) is 10.1. The van der Waals surface area contributed by atoms with Crippen LogP contribution in [0, 0.1) is 5.41 Å². The SMILES string of the molecule is COC1CCN(CC(C)(C)C(F)(F)F)CC1. The number of halogens is 3. The number of nitrogens with zero attached hydrogens (tertiary/aromatic N) is 1. The molecular formula is C11H20F3NO. The third kappa shape index (κ3) is 3.35. The minimum absolute atomic E-state index is 0.0763. The van der Waals surface area contributed by atoms with E-state index in [0.29, 0.717) is 13.1 Å². The maximum absolute atomic E-state index is 12.7. The fraction of sp³-hybridized carbons (Fsp3) is 1.00. The van der Waals surface area contributed by atoms with E-state index in [4.69, 9.17) is 4.74 Å². The first-order valence-electron chi connectivity index (χ1n) is 5.58. The number of hydrogen-bond donors (Lipinski definition) is 0. The van der Waals surface area contributed by atoms with Crippen molar-refractivity contribution >= 4 is 0 Å². The van der Waals surface area contributed by atoms with Gasteiger partial charge in [-0.05, 0) is 26.7 Å². The predicted molar refractivity (Wildman–Crippen MR) is 56.3 cm³/mol. The highest BCUT2D eigenvalue weighted by molar-refractivity contribution is 4.83. The molecule has 1 aliphatic rings. The maximum Gasteiger partial charge on any atom is 0.395 e. The summed E-state index contributed by atoms with van der Waals surface area (Å²) in [5.41, 5.74) is -1.63. The topological polar surface area (TPSA) is 12.5 Å². The van der Waals surface area contributed by atoms with Crippen LogP contribution in [-0.4, -0.2) is 43.9 Å². The van der Waals surface area contributed by atoms with Crippen molar-refractivity contribution in [3.8, 4) is 0 Å². The summed E-state index contributed by atoms with van der Waals surface area (Å²) in [7, 11) is 1.65. The molecule has 1 fully saturated rings. The van der Waals surface area contributed by atoms with Gasteiger partial charge in [0, 0.05) is 26.7 Å². The molecule has 0 amide bonds. The molecule has 96 valence electrons. The second-order valence-corrected chi connectivity index (χ2v) is 5.09. The van der Waals surface area contributed by atoms with Crippen molar-refractivity contribution in [1.29, 1.82) is 0 Å². The molecular weight excluding hydrogens is 219 g/mol. The Bertz CT molecular complexity index is 220. The van der Waals surface area contributed by atoms with E-state index in [-0.39, 0.29) is 12.6 Å². The molecule has 0 aromatic rings. The summed E-state index contributed by atoms with van der Waals surface area (Å²) in [6.07, 6.45) is -2.27. The number of alkyl halides is 3. The van der Waals surface area contributed by atoms with Crippen LogP contribution in [0.2, 0.25) is 0 Å². The number of likely N-dealkylation sites (tertiary alicyclic amines) is 1. The molecule has 0 saturated carbocycles. The number of hydrogen-bond acceptors (Lipinski definition) is 2. The largest absolute Gasteiger partial charge is 0.395 e. The Hall–Kier alpha value is -0.290. The zero-order valence-electron chi connectivity index (χ0n) is 10.1. The first-order valence-corrected chi connectivity index (χ1v) is 5.58. The van der Waals surface area contributed by atoms with Crippen molar-refractivity contribution in [2.75, 3.05) is 26.7 Å². The van der Waals surface area contributed by atoms with E-state index in [1.807, 2.05) is 4.90 Å². The lowest BCUT2D eigenvalue weighted by Gasteiger charge is -2.37. The van der Waals surface area contributed by atoms with E-state index < -0.39 is 11.6 Å². The lowest BCUT2D eigenvalue weighted by Crippen LogP contribution is -2.47. The molecule has 0 N–H and O–H groups in total. The monoisotopic (exact) mass is 239 g/mol. The van der Waals surface area contributed by atoms with E-state index in [9.17, 15) is 13.2 Å². The molecule has 2 nitrogen and oxygen atoms in total. The Morgan fingerprint density at radius 1 is 1.19 bits per heavy atom. The number of piperidine rings is 1. The van der Waals surface area contributed by atoms with Gasteiger partial charge in [-0.1, -0.05) is 0 Å². The maximum atomic E-state index is 12.7. The molecule has 0 bridgehead atoms. The van der Waals surface area contributed by atoms with Gasteiger partial charge in [0.05, 0.1) is 11.5 Å². The summed E-state index contributed by atoms with van der Waals surface area (Å²) in [6.45, 7) is 3.98. The van der Waals surface area contributed by atoms with Gasteiger partial charge in [-0.15, -0.1) is 0 Å². The second-order valence-electron chi connectivity index (χ2n) is 5.09. The van der Waals surface area contributed by atoms with Crippen molar-refractivity contribution in [2.24, 2.45) is 5.41 Å². The van der Waals surface area contributed by atoms with Gasteiger partial charge in [-0.2, -0.15) is 13.2 Å². The van der Waals surface area contributed by atoms with Crippen LogP contribution in [0.15, 0.2) is 0 Å². The third-order valence-corrected chi connectivity index (χ3v) is 3.25. The molecule has 1 rings (SSSR count). The van der Waals surface area contributed by atoms with E-state index in [2.05, 4.69) is 0 Å². The van der Waals surface area contributed by atoms with E-state index in [1.165, 1.54) is 13.8 Å². The summed E-state index contributed by atoms with van der Waals surface area (Å²) < 4.78 is 43.2. The summed E-state index contributed by atoms with van der Waals surface area (Å²) in [6, 6.07) is 0. The Labute approximate surface area is 94.8 Å². The summed E-state index contributed by atoms with van der Waals surface area (Å²) in [4.78, 5) is 1.88. The van der Waals surface area contributed by atoms with Crippen molar-refractivity contribution < 1.29 is 17.9 Å². The molecule has 0 spiro atoms.